The van der Waals surface area contributed by atoms with Crippen molar-refractivity contribution < 1.29 is 0 Å². The maximum atomic E-state index is 11.7. The molecule has 16 heavy (non-hydrogen) atoms. The van der Waals surface area contributed by atoms with Crippen molar-refractivity contribution in [3.8, 4) is 11.3 Å². The molecule has 0 radical (unpaired) electrons. The first-order chi connectivity index (χ1) is 7.74. The van der Waals surface area contributed by atoms with Gasteiger partial charge in [-0.1, -0.05) is 30.3 Å². The van der Waals surface area contributed by atoms with Gasteiger partial charge in [0.2, 0.25) is 4.77 Å². The second-order valence-corrected chi connectivity index (χ2v) is 3.33. The van der Waals surface area contributed by atoms with Gasteiger partial charge < -0.3 is 0 Å². The Morgan fingerprint density at radius 1 is 1.31 bits per heavy atom. The van der Waals surface area contributed by atoms with Crippen LogP contribution in [0, 0.1) is 9.68 Å². The van der Waals surface area contributed by atoms with Crippen molar-refractivity contribution >= 4 is 12.2 Å². The van der Waals surface area contributed by atoms with Crippen LogP contribution in [0.25, 0.3) is 11.3 Å². The number of nitroso groups, excluding NO2 is 1. The fourth-order valence-corrected chi connectivity index (χ4v) is 1.41. The topological polar surface area (TPSA) is 80.1 Å². The molecule has 0 aliphatic rings. The summed E-state index contributed by atoms with van der Waals surface area (Å²) >= 11 is 4.70. The van der Waals surface area contributed by atoms with Gasteiger partial charge in [-0.05, 0) is 12.2 Å². The molecular weight excluding hydrogens is 228 g/mol. The first kappa shape index (κ1) is 10.4. The van der Waals surface area contributed by atoms with E-state index in [0.717, 1.165) is 0 Å². The molecule has 0 aliphatic heterocycles. The Balaban J connectivity index is 2.74. The lowest BCUT2D eigenvalue weighted by Crippen LogP contribution is -2.21. The van der Waals surface area contributed by atoms with Crippen LogP contribution < -0.4 is 5.56 Å². The van der Waals surface area contributed by atoms with Crippen LogP contribution in [0.3, 0.4) is 0 Å². The summed E-state index contributed by atoms with van der Waals surface area (Å²) < 4.78 is 0.435. The lowest BCUT2D eigenvalue weighted by Gasteiger charge is -1.99. The normalized spacial score (nSPS) is 10.0. The molecule has 0 amide bonds. The summed E-state index contributed by atoms with van der Waals surface area (Å²) in [5.41, 5.74) is 0.0647. The molecule has 0 aliphatic carbocycles. The van der Waals surface area contributed by atoms with Crippen LogP contribution in [0.4, 0.5) is 0 Å². The maximum Gasteiger partial charge on any atom is 0.304 e. The average Bonchev–Trinajstić information content (AvgIpc) is 2.31. The van der Waals surface area contributed by atoms with Crippen molar-refractivity contribution in [3.05, 3.63) is 50.4 Å². The number of nitrogens with zero attached hydrogens (tertiary/aromatic N) is 3. The second kappa shape index (κ2) is 4.15. The van der Waals surface area contributed by atoms with E-state index in [-0.39, 0.29) is 10.5 Å². The van der Waals surface area contributed by atoms with E-state index in [2.05, 4.69) is 15.5 Å². The zero-order chi connectivity index (χ0) is 11.5. The first-order valence-corrected chi connectivity index (χ1v) is 4.75. The van der Waals surface area contributed by atoms with Crippen molar-refractivity contribution in [1.82, 2.24) is 14.9 Å². The number of H-pyrrole nitrogens is 1. The molecule has 6 nitrogen and oxygen atoms in total. The number of aromatic nitrogens is 3. The fourth-order valence-electron chi connectivity index (χ4n) is 1.25. The molecule has 0 fully saturated rings. The van der Waals surface area contributed by atoms with Crippen LogP contribution in [-0.2, 0) is 0 Å². The van der Waals surface area contributed by atoms with E-state index in [1.54, 1.807) is 24.3 Å². The molecule has 1 N–H and O–H groups in total. The summed E-state index contributed by atoms with van der Waals surface area (Å²) in [5, 5.41) is 8.72. The molecular formula is C9H6N4O2S. The molecule has 1 aromatic carbocycles. The van der Waals surface area contributed by atoms with E-state index in [1.165, 1.54) is 0 Å². The van der Waals surface area contributed by atoms with Crippen LogP contribution in [0.2, 0.25) is 0 Å². The van der Waals surface area contributed by atoms with Gasteiger partial charge in [-0.3, -0.25) is 9.89 Å². The Bertz CT molecular complexity index is 632. The van der Waals surface area contributed by atoms with Crippen LogP contribution >= 0.6 is 12.2 Å². The third kappa shape index (κ3) is 1.68. The lowest BCUT2D eigenvalue weighted by atomic mass is 10.2. The Hall–Kier alpha value is -2.15. The number of hydrogen-bond donors (Lipinski definition) is 1. The third-order valence-electron chi connectivity index (χ3n) is 1.98. The maximum absolute atomic E-state index is 11.7. The minimum Gasteiger partial charge on any atom is -0.265 e. The molecule has 1 heterocycles. The van der Waals surface area contributed by atoms with Gasteiger partial charge in [-0.15, -0.1) is 9.58 Å². The number of hydrogen-bond acceptors (Lipinski definition) is 5. The predicted molar refractivity (Wildman–Crippen MR) is 60.3 cm³/mol. The monoisotopic (exact) mass is 234 g/mol. The Labute approximate surface area is 94.5 Å². The standard InChI is InChI=1S/C9H6N4O2S/c14-8-7(6-4-2-1-3-5-6)10-11-9(16)13(8)12-15/h1-5H,(H,11,16). The molecule has 80 valence electrons. The Kier molecular flexibility index (Phi) is 2.69. The van der Waals surface area contributed by atoms with E-state index in [4.69, 9.17) is 12.2 Å². The zero-order valence-electron chi connectivity index (χ0n) is 7.95. The minimum absolute atomic E-state index is 0.105. The summed E-state index contributed by atoms with van der Waals surface area (Å²) in [5.74, 6) is 0. The van der Waals surface area contributed by atoms with E-state index < -0.39 is 5.56 Å². The molecule has 0 spiro atoms. The molecule has 7 heteroatoms. The van der Waals surface area contributed by atoms with Gasteiger partial charge in [0, 0.05) is 5.56 Å². The highest BCUT2D eigenvalue weighted by Gasteiger charge is 2.09. The van der Waals surface area contributed by atoms with Gasteiger partial charge in [0.05, 0.1) is 5.29 Å². The second-order valence-electron chi connectivity index (χ2n) is 2.94. The highest BCUT2D eigenvalue weighted by molar-refractivity contribution is 7.71. The zero-order valence-corrected chi connectivity index (χ0v) is 8.77. The summed E-state index contributed by atoms with van der Waals surface area (Å²) in [6.07, 6.45) is 0. The SMILES string of the molecule is O=Nn1c(=S)[nH]nc(-c2ccccc2)c1=O. The van der Waals surface area contributed by atoms with E-state index in [1.807, 2.05) is 6.07 Å². The number of nitrogens with one attached hydrogen (secondary N) is 1. The highest BCUT2D eigenvalue weighted by Crippen LogP contribution is 2.10. The third-order valence-corrected chi connectivity index (χ3v) is 2.24. The molecule has 0 bridgehead atoms. The molecule has 2 aromatic rings. The van der Waals surface area contributed by atoms with Gasteiger partial charge in [-0.25, -0.2) is 0 Å². The molecule has 0 unspecified atom stereocenters. The minimum atomic E-state index is -0.634. The van der Waals surface area contributed by atoms with E-state index in [9.17, 15) is 9.70 Å². The largest absolute Gasteiger partial charge is 0.304 e. The Morgan fingerprint density at radius 2 is 2.00 bits per heavy atom. The number of benzene rings is 1. The number of rotatable bonds is 2. The van der Waals surface area contributed by atoms with E-state index >= 15 is 0 Å². The van der Waals surface area contributed by atoms with Crippen LogP contribution in [0.15, 0.2) is 40.4 Å². The van der Waals surface area contributed by atoms with Crippen LogP contribution in [0.5, 0.6) is 0 Å². The van der Waals surface area contributed by atoms with Crippen molar-refractivity contribution in [2.75, 3.05) is 0 Å². The molecule has 2 rings (SSSR count). The van der Waals surface area contributed by atoms with Crippen LogP contribution in [0.1, 0.15) is 0 Å². The fraction of sp³-hybridized carbons (Fsp3) is 0. The van der Waals surface area contributed by atoms with Crippen molar-refractivity contribution in [3.63, 3.8) is 0 Å². The van der Waals surface area contributed by atoms with Gasteiger partial charge >= 0.3 is 5.56 Å². The summed E-state index contributed by atoms with van der Waals surface area (Å²) in [4.78, 5) is 22.2. The van der Waals surface area contributed by atoms with Crippen molar-refractivity contribution in [2.24, 2.45) is 5.29 Å². The molecule has 1 aromatic heterocycles. The van der Waals surface area contributed by atoms with Gasteiger partial charge in [0.15, 0.2) is 5.69 Å². The van der Waals surface area contributed by atoms with Gasteiger partial charge in [0.25, 0.3) is 0 Å². The number of aromatic amines is 1. The summed E-state index contributed by atoms with van der Waals surface area (Å²) in [6, 6.07) is 8.74. The molecule has 0 atom stereocenters. The highest BCUT2D eigenvalue weighted by atomic mass is 32.1. The smallest absolute Gasteiger partial charge is 0.265 e. The van der Waals surface area contributed by atoms with Gasteiger partial charge in [-0.2, -0.15) is 5.10 Å². The van der Waals surface area contributed by atoms with E-state index in [0.29, 0.717) is 10.2 Å². The predicted octanol–water partition coefficient (Wildman–Crippen LogP) is 1.50. The summed E-state index contributed by atoms with van der Waals surface area (Å²) in [6.45, 7) is 0. The van der Waals surface area contributed by atoms with Crippen molar-refractivity contribution in [2.45, 2.75) is 0 Å². The average molecular weight is 234 g/mol. The summed E-state index contributed by atoms with van der Waals surface area (Å²) in [7, 11) is 0. The quantitative estimate of drug-likeness (QED) is 0.630. The first-order valence-electron chi connectivity index (χ1n) is 4.35. The van der Waals surface area contributed by atoms with Crippen LogP contribution in [-0.4, -0.2) is 14.9 Å². The lowest BCUT2D eigenvalue weighted by molar-refractivity contribution is 0.734. The van der Waals surface area contributed by atoms with Gasteiger partial charge in [0.1, 0.15) is 0 Å². The molecule has 0 saturated carbocycles. The molecule has 0 saturated heterocycles. The Morgan fingerprint density at radius 3 is 2.62 bits per heavy atom. The van der Waals surface area contributed by atoms with Crippen molar-refractivity contribution in [1.29, 1.82) is 0 Å².